The van der Waals surface area contributed by atoms with Crippen LogP contribution < -0.4 is 10.1 Å². The number of rotatable bonds is 5. The Hall–Kier alpha value is -1.88. The van der Waals surface area contributed by atoms with Crippen LogP contribution in [0.1, 0.15) is 19.5 Å². The predicted molar refractivity (Wildman–Crippen MR) is 70.4 cm³/mol. The molecule has 19 heavy (non-hydrogen) atoms. The molecule has 2 rings (SSSR count). The highest BCUT2D eigenvalue weighted by atomic mass is 19.1. The molecular formula is C14H17FN2O2. The van der Waals surface area contributed by atoms with Crippen molar-refractivity contribution in [2.45, 2.75) is 26.4 Å². The summed E-state index contributed by atoms with van der Waals surface area (Å²) in [7, 11) is 1.43. The van der Waals surface area contributed by atoms with Gasteiger partial charge < -0.3 is 14.5 Å². The molecule has 1 heterocycles. The average Bonchev–Trinajstić information content (AvgIpc) is 2.86. The van der Waals surface area contributed by atoms with Crippen molar-refractivity contribution in [2.75, 3.05) is 7.11 Å². The maximum atomic E-state index is 13.3. The Morgan fingerprint density at radius 2 is 2.21 bits per heavy atom. The molecule has 1 aromatic carbocycles. The number of aromatic nitrogens is 1. The van der Waals surface area contributed by atoms with Gasteiger partial charge in [0.1, 0.15) is 6.26 Å². The molecule has 0 aliphatic rings. The summed E-state index contributed by atoms with van der Waals surface area (Å²) in [4.78, 5) is 4.35. The first kappa shape index (κ1) is 13.5. The van der Waals surface area contributed by atoms with Gasteiger partial charge in [0.2, 0.25) is 5.89 Å². The molecule has 1 aromatic heterocycles. The quantitative estimate of drug-likeness (QED) is 0.901. The lowest BCUT2D eigenvalue weighted by molar-refractivity contribution is 0.386. The Labute approximate surface area is 111 Å². The highest BCUT2D eigenvalue weighted by Gasteiger charge is 2.10. The maximum absolute atomic E-state index is 13.3. The number of ether oxygens (including phenoxy) is 1. The second-order valence-electron chi connectivity index (χ2n) is 4.53. The summed E-state index contributed by atoms with van der Waals surface area (Å²) in [5.74, 6) is 0.232. The zero-order valence-corrected chi connectivity index (χ0v) is 11.2. The normalized spacial score (nSPS) is 11.0. The number of oxazole rings is 1. The van der Waals surface area contributed by atoms with E-state index in [-0.39, 0.29) is 5.75 Å². The third-order valence-electron chi connectivity index (χ3n) is 2.64. The highest BCUT2D eigenvalue weighted by Crippen LogP contribution is 2.25. The van der Waals surface area contributed by atoms with Crippen molar-refractivity contribution in [1.29, 1.82) is 0 Å². The van der Waals surface area contributed by atoms with Crippen molar-refractivity contribution in [3.05, 3.63) is 36.0 Å². The first-order chi connectivity index (χ1) is 9.10. The lowest BCUT2D eigenvalue weighted by Gasteiger charge is -2.04. The van der Waals surface area contributed by atoms with Crippen LogP contribution in [-0.2, 0) is 6.54 Å². The van der Waals surface area contributed by atoms with Gasteiger partial charge in [-0.25, -0.2) is 9.37 Å². The fraction of sp³-hybridized carbons (Fsp3) is 0.357. The molecule has 0 radical (unpaired) electrons. The summed E-state index contributed by atoms with van der Waals surface area (Å²) < 4.78 is 23.6. The second-order valence-corrected chi connectivity index (χ2v) is 4.53. The van der Waals surface area contributed by atoms with Crippen molar-refractivity contribution in [3.63, 3.8) is 0 Å². The minimum atomic E-state index is -0.403. The lowest BCUT2D eigenvalue weighted by atomic mass is 10.2. The summed E-state index contributed by atoms with van der Waals surface area (Å²) in [6.07, 6.45) is 1.60. The van der Waals surface area contributed by atoms with Crippen LogP contribution in [0.25, 0.3) is 11.5 Å². The topological polar surface area (TPSA) is 47.3 Å². The van der Waals surface area contributed by atoms with E-state index in [1.165, 1.54) is 13.2 Å². The van der Waals surface area contributed by atoms with Crippen molar-refractivity contribution >= 4 is 0 Å². The third kappa shape index (κ3) is 3.32. The Bertz CT molecular complexity index is 552. The molecule has 1 N–H and O–H groups in total. The number of halogens is 1. The number of hydrogen-bond donors (Lipinski definition) is 1. The Morgan fingerprint density at radius 1 is 1.42 bits per heavy atom. The standard InChI is InChI=1S/C14H17FN2O2/c1-9(2)16-7-11-8-19-14(17-11)10-4-5-12(15)13(6-10)18-3/h4-6,8-9,16H,7H2,1-3H3. The zero-order valence-electron chi connectivity index (χ0n) is 11.2. The van der Waals surface area contributed by atoms with Gasteiger partial charge in [0.15, 0.2) is 11.6 Å². The van der Waals surface area contributed by atoms with E-state index in [1.807, 2.05) is 0 Å². The Balaban J connectivity index is 2.18. The molecule has 5 heteroatoms. The predicted octanol–water partition coefficient (Wildman–Crippen LogP) is 2.99. The molecule has 0 fully saturated rings. The van der Waals surface area contributed by atoms with Gasteiger partial charge in [-0.2, -0.15) is 0 Å². The van der Waals surface area contributed by atoms with Crippen LogP contribution in [0.15, 0.2) is 28.9 Å². The SMILES string of the molecule is COc1cc(-c2nc(CNC(C)C)co2)ccc1F. The Kier molecular flexibility index (Phi) is 4.16. The maximum Gasteiger partial charge on any atom is 0.226 e. The molecule has 0 unspecified atom stereocenters. The molecule has 102 valence electrons. The molecule has 0 atom stereocenters. The van der Waals surface area contributed by atoms with Crippen LogP contribution in [-0.4, -0.2) is 18.1 Å². The van der Waals surface area contributed by atoms with Crippen LogP contribution in [0.4, 0.5) is 4.39 Å². The third-order valence-corrected chi connectivity index (χ3v) is 2.64. The van der Waals surface area contributed by atoms with E-state index < -0.39 is 5.82 Å². The van der Waals surface area contributed by atoms with Crippen molar-refractivity contribution in [1.82, 2.24) is 10.3 Å². The van der Waals surface area contributed by atoms with Gasteiger partial charge in [0.05, 0.1) is 12.8 Å². The number of benzene rings is 1. The van der Waals surface area contributed by atoms with Gasteiger partial charge in [0.25, 0.3) is 0 Å². The molecule has 0 aliphatic heterocycles. The van der Waals surface area contributed by atoms with Gasteiger partial charge in [-0.3, -0.25) is 0 Å². The summed E-state index contributed by atoms with van der Waals surface area (Å²) in [6, 6.07) is 4.90. The molecule has 0 saturated carbocycles. The number of hydrogen-bond acceptors (Lipinski definition) is 4. The fourth-order valence-electron chi connectivity index (χ4n) is 1.62. The molecular weight excluding hydrogens is 247 g/mol. The summed E-state index contributed by atoms with van der Waals surface area (Å²) >= 11 is 0. The summed E-state index contributed by atoms with van der Waals surface area (Å²) in [5, 5.41) is 3.25. The second kappa shape index (κ2) is 5.84. The monoisotopic (exact) mass is 264 g/mol. The molecule has 0 aliphatic carbocycles. The molecule has 4 nitrogen and oxygen atoms in total. The molecule has 2 aromatic rings. The van der Waals surface area contributed by atoms with Crippen LogP contribution >= 0.6 is 0 Å². The van der Waals surface area contributed by atoms with Gasteiger partial charge in [-0.05, 0) is 18.2 Å². The number of nitrogens with zero attached hydrogens (tertiary/aromatic N) is 1. The minimum Gasteiger partial charge on any atom is -0.494 e. The highest BCUT2D eigenvalue weighted by molar-refractivity contribution is 5.56. The molecule has 0 saturated heterocycles. The average molecular weight is 264 g/mol. The summed E-state index contributed by atoms with van der Waals surface area (Å²) in [6.45, 7) is 4.76. The van der Waals surface area contributed by atoms with E-state index in [0.717, 1.165) is 5.69 Å². The van der Waals surface area contributed by atoms with Crippen molar-refractivity contribution in [2.24, 2.45) is 0 Å². The fourth-order valence-corrected chi connectivity index (χ4v) is 1.62. The van der Waals surface area contributed by atoms with Crippen molar-refractivity contribution < 1.29 is 13.5 Å². The van der Waals surface area contributed by atoms with Crippen LogP contribution in [0.3, 0.4) is 0 Å². The van der Waals surface area contributed by atoms with E-state index in [2.05, 4.69) is 24.1 Å². The largest absolute Gasteiger partial charge is 0.494 e. The van der Waals surface area contributed by atoms with Gasteiger partial charge in [-0.1, -0.05) is 13.8 Å². The van der Waals surface area contributed by atoms with Crippen LogP contribution in [0.5, 0.6) is 5.75 Å². The number of nitrogens with one attached hydrogen (secondary N) is 1. The van der Waals surface area contributed by atoms with Gasteiger partial charge >= 0.3 is 0 Å². The van der Waals surface area contributed by atoms with Crippen LogP contribution in [0.2, 0.25) is 0 Å². The van der Waals surface area contributed by atoms with E-state index >= 15 is 0 Å². The molecule has 0 spiro atoms. The van der Waals surface area contributed by atoms with Crippen molar-refractivity contribution in [3.8, 4) is 17.2 Å². The van der Waals surface area contributed by atoms with Crippen LogP contribution in [0, 0.1) is 5.82 Å². The summed E-state index contributed by atoms with van der Waals surface area (Å²) in [5.41, 5.74) is 1.50. The van der Waals surface area contributed by atoms with Gasteiger partial charge in [0, 0.05) is 18.2 Å². The van der Waals surface area contributed by atoms with E-state index in [1.54, 1.807) is 18.4 Å². The van der Waals surface area contributed by atoms with E-state index in [4.69, 9.17) is 9.15 Å². The molecule has 0 bridgehead atoms. The van der Waals surface area contributed by atoms with E-state index in [9.17, 15) is 4.39 Å². The van der Waals surface area contributed by atoms with E-state index in [0.29, 0.717) is 24.0 Å². The smallest absolute Gasteiger partial charge is 0.226 e. The first-order valence-electron chi connectivity index (χ1n) is 6.12. The Morgan fingerprint density at radius 3 is 2.89 bits per heavy atom. The lowest BCUT2D eigenvalue weighted by Crippen LogP contribution is -2.21. The van der Waals surface area contributed by atoms with Gasteiger partial charge in [-0.15, -0.1) is 0 Å². The minimum absolute atomic E-state index is 0.178. The molecule has 0 amide bonds. The first-order valence-corrected chi connectivity index (χ1v) is 6.12. The zero-order chi connectivity index (χ0) is 13.8. The number of methoxy groups -OCH3 is 1.